The predicted octanol–water partition coefficient (Wildman–Crippen LogP) is 2.80. The summed E-state index contributed by atoms with van der Waals surface area (Å²) in [6, 6.07) is 5.44. The third kappa shape index (κ3) is 4.12. The molecule has 8 heteroatoms. The highest BCUT2D eigenvalue weighted by Crippen LogP contribution is 2.23. The molecular weight excluding hydrogens is 368 g/mol. The maximum atomic E-state index is 12.9. The average Bonchev–Trinajstić information content (AvgIpc) is 3.08. The molecule has 4 heterocycles. The molecule has 0 aromatic carbocycles. The van der Waals surface area contributed by atoms with Gasteiger partial charge >= 0.3 is 0 Å². The number of nitrogens with one attached hydrogen (secondary N) is 1. The van der Waals surface area contributed by atoms with Gasteiger partial charge < -0.3 is 19.4 Å². The topological polar surface area (TPSA) is 84.7 Å². The van der Waals surface area contributed by atoms with E-state index >= 15 is 0 Å². The Morgan fingerprint density at radius 2 is 2.14 bits per heavy atom. The van der Waals surface area contributed by atoms with Crippen molar-refractivity contribution < 1.29 is 9.53 Å². The molecule has 1 amide bonds. The molecule has 3 aromatic rings. The first-order valence-electron chi connectivity index (χ1n) is 9.68. The Morgan fingerprint density at radius 1 is 1.28 bits per heavy atom. The lowest BCUT2D eigenvalue weighted by atomic mass is 10.1. The van der Waals surface area contributed by atoms with Gasteiger partial charge in [0.15, 0.2) is 5.82 Å². The van der Waals surface area contributed by atoms with Gasteiger partial charge in [0.25, 0.3) is 5.91 Å². The minimum Gasteiger partial charge on any atom is -0.493 e. The highest BCUT2D eigenvalue weighted by atomic mass is 16.5. The first kappa shape index (κ1) is 19.1. The van der Waals surface area contributed by atoms with E-state index in [0.29, 0.717) is 23.7 Å². The monoisotopic (exact) mass is 392 g/mol. The Bertz CT molecular complexity index is 1070. The van der Waals surface area contributed by atoms with Gasteiger partial charge in [0, 0.05) is 31.5 Å². The van der Waals surface area contributed by atoms with Crippen molar-refractivity contribution in [1.29, 1.82) is 0 Å². The van der Waals surface area contributed by atoms with Gasteiger partial charge in [0.05, 0.1) is 23.6 Å². The number of carbonyl (C=O) groups is 1. The molecule has 1 aliphatic rings. The van der Waals surface area contributed by atoms with E-state index < -0.39 is 0 Å². The zero-order chi connectivity index (χ0) is 20.4. The number of fused-ring (bicyclic) bond motifs is 1. The molecule has 0 radical (unpaired) electrons. The third-order valence-electron chi connectivity index (χ3n) is 4.87. The number of likely N-dealkylation sites (N-methyl/N-ethyl adjacent to an activating group) is 1. The molecule has 0 saturated heterocycles. The van der Waals surface area contributed by atoms with E-state index in [1.54, 1.807) is 18.3 Å². The second-order valence-corrected chi connectivity index (χ2v) is 7.13. The van der Waals surface area contributed by atoms with Crippen molar-refractivity contribution in [3.8, 4) is 5.75 Å². The number of rotatable bonds is 5. The molecule has 8 nitrogen and oxygen atoms in total. The van der Waals surface area contributed by atoms with E-state index in [-0.39, 0.29) is 5.91 Å². The molecule has 0 bridgehead atoms. The normalized spacial score (nSPS) is 14.7. The first-order valence-corrected chi connectivity index (χ1v) is 9.68. The summed E-state index contributed by atoms with van der Waals surface area (Å²) >= 11 is 0. The minimum atomic E-state index is -0.303. The van der Waals surface area contributed by atoms with Crippen molar-refractivity contribution in [3.63, 3.8) is 0 Å². The molecule has 0 fully saturated rings. The number of hydrogen-bond acceptors (Lipinski definition) is 6. The number of hydrogen-bond donors (Lipinski definition) is 1. The van der Waals surface area contributed by atoms with E-state index in [4.69, 9.17) is 4.74 Å². The number of amides is 1. The van der Waals surface area contributed by atoms with Gasteiger partial charge in [-0.1, -0.05) is 6.08 Å². The van der Waals surface area contributed by atoms with Crippen LogP contribution in [-0.4, -0.2) is 57.1 Å². The lowest BCUT2D eigenvalue weighted by molar-refractivity contribution is 0.102. The maximum absolute atomic E-state index is 12.9. The van der Waals surface area contributed by atoms with E-state index in [0.717, 1.165) is 36.5 Å². The van der Waals surface area contributed by atoms with Crippen LogP contribution in [0.4, 0.5) is 5.82 Å². The number of aromatic nitrogens is 4. The summed E-state index contributed by atoms with van der Waals surface area (Å²) < 4.78 is 7.47. The highest BCUT2D eigenvalue weighted by molar-refractivity contribution is 6.05. The smallest absolute Gasteiger partial charge is 0.262 e. The van der Waals surface area contributed by atoms with Crippen LogP contribution in [0.2, 0.25) is 0 Å². The fraction of sp³-hybridized carbons (Fsp3) is 0.333. The molecule has 150 valence electrons. The fourth-order valence-electron chi connectivity index (χ4n) is 3.35. The summed E-state index contributed by atoms with van der Waals surface area (Å²) in [5.41, 5.74) is 4.06. The van der Waals surface area contributed by atoms with Crippen molar-refractivity contribution in [2.45, 2.75) is 20.3 Å². The van der Waals surface area contributed by atoms with Gasteiger partial charge in [-0.2, -0.15) is 0 Å². The molecule has 0 saturated carbocycles. The molecule has 0 unspecified atom stereocenters. The third-order valence-corrected chi connectivity index (χ3v) is 4.87. The predicted molar refractivity (Wildman–Crippen MR) is 111 cm³/mol. The second kappa shape index (κ2) is 8.00. The second-order valence-electron chi connectivity index (χ2n) is 7.13. The lowest BCUT2D eigenvalue weighted by Crippen LogP contribution is -2.24. The standard InChI is InChI=1S/C21H24N6O2/c1-4-29-18-11-20-22-14(2)12-27(20)13-16(18)21(28)23-19-6-5-17(24-25-19)15-7-9-26(3)10-8-15/h5-7,11-13H,4,8-10H2,1-3H3,(H,23,25,28). The quantitative estimate of drug-likeness (QED) is 0.719. The van der Waals surface area contributed by atoms with Crippen molar-refractivity contribution in [1.82, 2.24) is 24.5 Å². The van der Waals surface area contributed by atoms with Gasteiger partial charge in [-0.15, -0.1) is 10.2 Å². The van der Waals surface area contributed by atoms with Crippen LogP contribution in [0.15, 0.2) is 36.7 Å². The summed E-state index contributed by atoms with van der Waals surface area (Å²) in [4.78, 5) is 19.5. The molecule has 1 N–H and O–H groups in total. The van der Waals surface area contributed by atoms with Crippen LogP contribution in [-0.2, 0) is 0 Å². The van der Waals surface area contributed by atoms with Gasteiger partial charge in [-0.05, 0) is 45.0 Å². The number of aryl methyl sites for hydroxylation is 1. The number of ether oxygens (including phenoxy) is 1. The van der Waals surface area contributed by atoms with Crippen molar-refractivity contribution in [3.05, 3.63) is 53.6 Å². The van der Waals surface area contributed by atoms with Crippen LogP contribution >= 0.6 is 0 Å². The van der Waals surface area contributed by atoms with Crippen LogP contribution in [0.3, 0.4) is 0 Å². The Kier molecular flexibility index (Phi) is 5.26. The summed E-state index contributed by atoms with van der Waals surface area (Å²) in [5.74, 6) is 0.586. The fourth-order valence-corrected chi connectivity index (χ4v) is 3.35. The van der Waals surface area contributed by atoms with E-state index in [1.807, 2.05) is 30.5 Å². The average molecular weight is 392 g/mol. The van der Waals surface area contributed by atoms with Gasteiger partial charge in [-0.3, -0.25) is 4.79 Å². The summed E-state index contributed by atoms with van der Waals surface area (Å²) in [6.45, 7) is 6.15. The molecule has 0 atom stereocenters. The van der Waals surface area contributed by atoms with Crippen molar-refractivity contribution >= 4 is 22.9 Å². The molecule has 0 aliphatic carbocycles. The highest BCUT2D eigenvalue weighted by Gasteiger charge is 2.17. The Hall–Kier alpha value is -3.26. The van der Waals surface area contributed by atoms with Crippen LogP contribution in [0.5, 0.6) is 5.75 Å². The maximum Gasteiger partial charge on any atom is 0.262 e. The summed E-state index contributed by atoms with van der Waals surface area (Å²) in [6.07, 6.45) is 6.70. The number of imidazole rings is 1. The number of pyridine rings is 1. The van der Waals surface area contributed by atoms with E-state index in [2.05, 4.69) is 38.5 Å². The SMILES string of the molecule is CCOc1cc2nc(C)cn2cc1C(=O)Nc1ccc(C2=CCN(C)CC2)nn1. The number of anilines is 1. The van der Waals surface area contributed by atoms with Crippen LogP contribution in [0, 0.1) is 6.92 Å². The van der Waals surface area contributed by atoms with E-state index in [9.17, 15) is 4.79 Å². The Morgan fingerprint density at radius 3 is 2.83 bits per heavy atom. The molecule has 4 rings (SSSR count). The van der Waals surface area contributed by atoms with Gasteiger partial charge in [-0.25, -0.2) is 4.98 Å². The molecule has 3 aromatic heterocycles. The number of carbonyl (C=O) groups excluding carboxylic acids is 1. The van der Waals surface area contributed by atoms with Crippen molar-refractivity contribution in [2.24, 2.45) is 0 Å². The Balaban J connectivity index is 1.55. The minimum absolute atomic E-state index is 0.303. The number of nitrogens with zero attached hydrogens (tertiary/aromatic N) is 5. The first-order chi connectivity index (χ1) is 14.0. The van der Waals surface area contributed by atoms with Crippen LogP contribution in [0.25, 0.3) is 11.2 Å². The van der Waals surface area contributed by atoms with Crippen LogP contribution < -0.4 is 10.1 Å². The summed E-state index contributed by atoms with van der Waals surface area (Å²) in [7, 11) is 2.09. The van der Waals surface area contributed by atoms with Gasteiger partial charge in [0.1, 0.15) is 11.4 Å². The Labute approximate surface area is 169 Å². The molecule has 29 heavy (non-hydrogen) atoms. The molecule has 0 spiro atoms. The van der Waals surface area contributed by atoms with Gasteiger partial charge in [0.2, 0.25) is 0 Å². The largest absolute Gasteiger partial charge is 0.493 e. The lowest BCUT2D eigenvalue weighted by Gasteiger charge is -2.21. The molecular formula is C21H24N6O2. The zero-order valence-corrected chi connectivity index (χ0v) is 16.8. The molecule has 1 aliphatic heterocycles. The van der Waals surface area contributed by atoms with Crippen molar-refractivity contribution in [2.75, 3.05) is 32.1 Å². The zero-order valence-electron chi connectivity index (χ0n) is 16.8. The van der Waals surface area contributed by atoms with Crippen LogP contribution in [0.1, 0.15) is 35.1 Å². The van der Waals surface area contributed by atoms with E-state index in [1.165, 1.54) is 5.57 Å². The summed E-state index contributed by atoms with van der Waals surface area (Å²) in [5, 5.41) is 11.3.